The molecule has 0 aliphatic rings. The van der Waals surface area contributed by atoms with Crippen LogP contribution in [0.3, 0.4) is 0 Å². The van der Waals surface area contributed by atoms with Gasteiger partial charge < -0.3 is 5.73 Å². The SMILES string of the molecule is Cc1ccccc1C(C)(N)Cc1c(C)cccc1C. The molecule has 0 saturated carbocycles. The highest BCUT2D eigenvalue weighted by Gasteiger charge is 2.24. The van der Waals surface area contributed by atoms with Gasteiger partial charge in [-0.05, 0) is 61.9 Å². The summed E-state index contributed by atoms with van der Waals surface area (Å²) in [5, 5.41) is 0. The van der Waals surface area contributed by atoms with E-state index in [1.807, 2.05) is 0 Å². The first-order chi connectivity index (χ1) is 8.92. The third-order valence-electron chi connectivity index (χ3n) is 3.95. The standard InChI is InChI=1S/C18H23N/c1-13-9-7-10-14(2)16(13)12-18(4,19)17-11-6-5-8-15(17)3/h5-11H,12,19H2,1-4H3. The highest BCUT2D eigenvalue weighted by Crippen LogP contribution is 2.28. The number of rotatable bonds is 3. The lowest BCUT2D eigenvalue weighted by molar-refractivity contribution is 0.486. The Hall–Kier alpha value is -1.60. The van der Waals surface area contributed by atoms with Gasteiger partial charge in [0, 0.05) is 5.54 Å². The molecule has 19 heavy (non-hydrogen) atoms. The Balaban J connectivity index is 2.39. The first-order valence-electron chi connectivity index (χ1n) is 6.82. The predicted octanol–water partition coefficient (Wildman–Crippen LogP) is 4.03. The van der Waals surface area contributed by atoms with Crippen LogP contribution in [0.4, 0.5) is 0 Å². The molecule has 0 heterocycles. The fourth-order valence-corrected chi connectivity index (χ4v) is 2.80. The molecule has 0 radical (unpaired) electrons. The Bertz CT molecular complexity index is 562. The van der Waals surface area contributed by atoms with Crippen LogP contribution in [0.15, 0.2) is 42.5 Å². The van der Waals surface area contributed by atoms with Crippen LogP contribution in [-0.2, 0) is 12.0 Å². The molecule has 0 spiro atoms. The van der Waals surface area contributed by atoms with Crippen molar-refractivity contribution in [3.05, 3.63) is 70.3 Å². The predicted molar refractivity (Wildman–Crippen MR) is 82.3 cm³/mol. The Morgan fingerprint density at radius 3 is 1.95 bits per heavy atom. The van der Waals surface area contributed by atoms with Crippen molar-refractivity contribution in [1.82, 2.24) is 0 Å². The van der Waals surface area contributed by atoms with Crippen LogP contribution in [0.2, 0.25) is 0 Å². The van der Waals surface area contributed by atoms with E-state index in [0.29, 0.717) is 0 Å². The summed E-state index contributed by atoms with van der Waals surface area (Å²) >= 11 is 0. The average Bonchev–Trinajstić information content (AvgIpc) is 2.34. The molecule has 2 rings (SSSR count). The summed E-state index contributed by atoms with van der Waals surface area (Å²) in [7, 11) is 0. The first kappa shape index (κ1) is 13.8. The molecule has 0 bridgehead atoms. The lowest BCUT2D eigenvalue weighted by Gasteiger charge is -2.28. The number of benzene rings is 2. The third-order valence-corrected chi connectivity index (χ3v) is 3.95. The second-order valence-corrected chi connectivity index (χ2v) is 5.78. The van der Waals surface area contributed by atoms with E-state index < -0.39 is 0 Å². The Kier molecular flexibility index (Phi) is 3.77. The second kappa shape index (κ2) is 5.18. The molecule has 0 amide bonds. The monoisotopic (exact) mass is 253 g/mol. The molecule has 1 nitrogen and oxygen atoms in total. The fourth-order valence-electron chi connectivity index (χ4n) is 2.80. The lowest BCUT2D eigenvalue weighted by Crippen LogP contribution is -2.36. The molecular weight excluding hydrogens is 230 g/mol. The number of hydrogen-bond donors (Lipinski definition) is 1. The van der Waals surface area contributed by atoms with Crippen LogP contribution in [0, 0.1) is 20.8 Å². The van der Waals surface area contributed by atoms with Gasteiger partial charge in [0.15, 0.2) is 0 Å². The van der Waals surface area contributed by atoms with Gasteiger partial charge in [0.25, 0.3) is 0 Å². The third kappa shape index (κ3) is 2.87. The molecule has 2 aromatic carbocycles. The molecule has 100 valence electrons. The first-order valence-corrected chi connectivity index (χ1v) is 6.82. The molecule has 1 unspecified atom stereocenters. The van der Waals surface area contributed by atoms with Gasteiger partial charge in [-0.2, -0.15) is 0 Å². The second-order valence-electron chi connectivity index (χ2n) is 5.78. The normalized spacial score (nSPS) is 14.2. The maximum Gasteiger partial charge on any atom is 0.0424 e. The van der Waals surface area contributed by atoms with Crippen LogP contribution in [-0.4, -0.2) is 0 Å². The summed E-state index contributed by atoms with van der Waals surface area (Å²) in [5.74, 6) is 0. The minimum atomic E-state index is -0.331. The molecule has 2 aromatic rings. The number of aryl methyl sites for hydroxylation is 3. The quantitative estimate of drug-likeness (QED) is 0.878. The zero-order valence-corrected chi connectivity index (χ0v) is 12.3. The van der Waals surface area contributed by atoms with Gasteiger partial charge in [-0.1, -0.05) is 42.5 Å². The van der Waals surface area contributed by atoms with Crippen molar-refractivity contribution in [3.8, 4) is 0 Å². The molecule has 0 fully saturated rings. The highest BCUT2D eigenvalue weighted by molar-refractivity contribution is 5.39. The van der Waals surface area contributed by atoms with E-state index in [1.165, 1.54) is 27.8 Å². The molecule has 0 aliphatic heterocycles. The minimum Gasteiger partial charge on any atom is -0.321 e. The van der Waals surface area contributed by atoms with Crippen LogP contribution >= 0.6 is 0 Å². The Labute approximate surface area is 116 Å². The maximum atomic E-state index is 6.61. The lowest BCUT2D eigenvalue weighted by atomic mass is 9.82. The molecule has 1 heteroatoms. The Morgan fingerprint density at radius 2 is 1.37 bits per heavy atom. The number of hydrogen-bond acceptors (Lipinski definition) is 1. The summed E-state index contributed by atoms with van der Waals surface area (Å²) < 4.78 is 0. The topological polar surface area (TPSA) is 26.0 Å². The molecule has 0 aliphatic carbocycles. The van der Waals surface area contributed by atoms with Crippen molar-refractivity contribution >= 4 is 0 Å². The molecule has 2 N–H and O–H groups in total. The molecule has 0 aromatic heterocycles. The average molecular weight is 253 g/mol. The summed E-state index contributed by atoms with van der Waals surface area (Å²) in [5.41, 5.74) is 12.8. The van der Waals surface area contributed by atoms with E-state index in [4.69, 9.17) is 5.73 Å². The van der Waals surface area contributed by atoms with Crippen LogP contribution in [0.25, 0.3) is 0 Å². The van der Waals surface area contributed by atoms with E-state index >= 15 is 0 Å². The summed E-state index contributed by atoms with van der Waals surface area (Å²) in [6, 6.07) is 14.8. The van der Waals surface area contributed by atoms with Crippen molar-refractivity contribution in [2.75, 3.05) is 0 Å². The van der Waals surface area contributed by atoms with E-state index in [9.17, 15) is 0 Å². The van der Waals surface area contributed by atoms with Gasteiger partial charge >= 0.3 is 0 Å². The molecule has 1 atom stereocenters. The van der Waals surface area contributed by atoms with E-state index in [-0.39, 0.29) is 5.54 Å². The Morgan fingerprint density at radius 1 is 0.842 bits per heavy atom. The maximum absolute atomic E-state index is 6.61. The van der Waals surface area contributed by atoms with Crippen molar-refractivity contribution < 1.29 is 0 Å². The zero-order chi connectivity index (χ0) is 14.0. The largest absolute Gasteiger partial charge is 0.321 e. The van der Waals surface area contributed by atoms with Gasteiger partial charge in [0.2, 0.25) is 0 Å². The van der Waals surface area contributed by atoms with Gasteiger partial charge in [-0.15, -0.1) is 0 Å². The van der Waals surface area contributed by atoms with Gasteiger partial charge in [0.05, 0.1) is 0 Å². The summed E-state index contributed by atoms with van der Waals surface area (Å²) in [6.45, 7) is 8.58. The van der Waals surface area contributed by atoms with Crippen LogP contribution < -0.4 is 5.73 Å². The van der Waals surface area contributed by atoms with Gasteiger partial charge in [-0.3, -0.25) is 0 Å². The van der Waals surface area contributed by atoms with Gasteiger partial charge in [0.1, 0.15) is 0 Å². The van der Waals surface area contributed by atoms with Crippen molar-refractivity contribution in [1.29, 1.82) is 0 Å². The van der Waals surface area contributed by atoms with Crippen molar-refractivity contribution in [2.45, 2.75) is 39.7 Å². The summed E-state index contributed by atoms with van der Waals surface area (Å²) in [6.07, 6.45) is 0.871. The highest BCUT2D eigenvalue weighted by atomic mass is 14.7. The fraction of sp³-hybridized carbons (Fsp3) is 0.333. The molecular formula is C18H23N. The zero-order valence-electron chi connectivity index (χ0n) is 12.3. The summed E-state index contributed by atoms with van der Waals surface area (Å²) in [4.78, 5) is 0. The smallest absolute Gasteiger partial charge is 0.0424 e. The van der Waals surface area contributed by atoms with Gasteiger partial charge in [-0.25, -0.2) is 0 Å². The van der Waals surface area contributed by atoms with Crippen molar-refractivity contribution in [3.63, 3.8) is 0 Å². The minimum absolute atomic E-state index is 0.331. The van der Waals surface area contributed by atoms with E-state index in [2.05, 4.69) is 70.2 Å². The van der Waals surface area contributed by atoms with Crippen molar-refractivity contribution in [2.24, 2.45) is 5.73 Å². The van der Waals surface area contributed by atoms with Crippen LogP contribution in [0.5, 0.6) is 0 Å². The number of nitrogens with two attached hydrogens (primary N) is 1. The van der Waals surface area contributed by atoms with E-state index in [0.717, 1.165) is 6.42 Å². The van der Waals surface area contributed by atoms with E-state index in [1.54, 1.807) is 0 Å². The van der Waals surface area contributed by atoms with Crippen LogP contribution in [0.1, 0.15) is 34.7 Å². The molecule has 0 saturated heterocycles.